The molecule has 0 saturated carbocycles. The molecule has 0 radical (unpaired) electrons. The molecule has 100 valence electrons. The maximum absolute atomic E-state index is 5.99. The topological polar surface area (TPSA) is 64.9 Å². The highest BCUT2D eigenvalue weighted by molar-refractivity contribution is 9.10. The number of halogens is 2. The summed E-state index contributed by atoms with van der Waals surface area (Å²) in [4.78, 5) is 4.37. The molecule has 0 aliphatic rings. The molecule has 20 heavy (non-hydrogen) atoms. The zero-order chi connectivity index (χ0) is 14.1. The summed E-state index contributed by atoms with van der Waals surface area (Å²) in [7, 11) is 0. The minimum atomic E-state index is 0.343. The fraction of sp³-hybridized carbons (Fsp3) is 0. The standard InChI is InChI=1S/C14H9BrClN3O/c15-10-6-2-1-4-8(10)13-18-14(20-19-13)9-5-3-7-11(16)12(9)17/h1-7H,17H2. The van der Waals surface area contributed by atoms with Gasteiger partial charge in [-0.1, -0.05) is 50.9 Å². The molecule has 0 saturated heterocycles. The van der Waals surface area contributed by atoms with E-state index in [0.717, 1.165) is 10.0 Å². The van der Waals surface area contributed by atoms with Gasteiger partial charge >= 0.3 is 0 Å². The molecule has 3 rings (SSSR count). The van der Waals surface area contributed by atoms with Crippen LogP contribution in [0.25, 0.3) is 22.8 Å². The quantitative estimate of drug-likeness (QED) is 0.696. The van der Waals surface area contributed by atoms with Gasteiger partial charge in [0.05, 0.1) is 16.3 Å². The lowest BCUT2D eigenvalue weighted by Gasteiger charge is -2.01. The summed E-state index contributed by atoms with van der Waals surface area (Å²) in [5.41, 5.74) is 7.83. The Morgan fingerprint density at radius 1 is 1.05 bits per heavy atom. The number of nitrogen functional groups attached to an aromatic ring is 1. The number of nitrogens with two attached hydrogens (primary N) is 1. The summed E-state index contributed by atoms with van der Waals surface area (Å²) in [6.07, 6.45) is 0. The summed E-state index contributed by atoms with van der Waals surface area (Å²) >= 11 is 9.45. The predicted molar refractivity (Wildman–Crippen MR) is 82.3 cm³/mol. The Labute approximate surface area is 128 Å². The maximum Gasteiger partial charge on any atom is 0.260 e. The van der Waals surface area contributed by atoms with Crippen LogP contribution in [0.15, 0.2) is 51.5 Å². The number of rotatable bonds is 2. The van der Waals surface area contributed by atoms with E-state index in [4.69, 9.17) is 21.9 Å². The van der Waals surface area contributed by atoms with Gasteiger partial charge in [-0.3, -0.25) is 0 Å². The molecule has 0 bridgehead atoms. The van der Waals surface area contributed by atoms with Crippen molar-refractivity contribution in [3.63, 3.8) is 0 Å². The zero-order valence-electron chi connectivity index (χ0n) is 10.2. The van der Waals surface area contributed by atoms with Gasteiger partial charge in [0.25, 0.3) is 5.89 Å². The smallest absolute Gasteiger partial charge is 0.260 e. The second kappa shape index (κ2) is 5.26. The third-order valence-corrected chi connectivity index (χ3v) is 3.85. The molecule has 0 amide bonds. The number of benzene rings is 2. The van der Waals surface area contributed by atoms with Crippen molar-refractivity contribution < 1.29 is 4.52 Å². The van der Waals surface area contributed by atoms with Crippen LogP contribution >= 0.6 is 27.5 Å². The summed E-state index contributed by atoms with van der Waals surface area (Å²) in [5, 5.41) is 4.44. The molecule has 0 unspecified atom stereocenters. The third kappa shape index (κ3) is 2.30. The Morgan fingerprint density at radius 2 is 1.80 bits per heavy atom. The van der Waals surface area contributed by atoms with E-state index in [0.29, 0.717) is 28.0 Å². The highest BCUT2D eigenvalue weighted by atomic mass is 79.9. The number of hydrogen-bond acceptors (Lipinski definition) is 4. The van der Waals surface area contributed by atoms with Crippen molar-refractivity contribution in [3.8, 4) is 22.8 Å². The molecule has 4 nitrogen and oxygen atoms in total. The second-order valence-corrected chi connectivity index (χ2v) is 5.37. The van der Waals surface area contributed by atoms with Gasteiger partial charge in [0.1, 0.15) is 0 Å². The number of hydrogen-bond donors (Lipinski definition) is 1. The Bertz CT molecular complexity index is 773. The fourth-order valence-electron chi connectivity index (χ4n) is 1.81. The lowest BCUT2D eigenvalue weighted by Crippen LogP contribution is -1.91. The van der Waals surface area contributed by atoms with Gasteiger partial charge in [-0.2, -0.15) is 4.98 Å². The number of aromatic nitrogens is 2. The molecule has 0 aliphatic heterocycles. The van der Waals surface area contributed by atoms with Crippen LogP contribution < -0.4 is 5.73 Å². The minimum absolute atomic E-state index is 0.343. The van der Waals surface area contributed by atoms with Crippen molar-refractivity contribution in [2.45, 2.75) is 0 Å². The first-order chi connectivity index (χ1) is 9.66. The normalized spacial score (nSPS) is 10.7. The maximum atomic E-state index is 5.99. The van der Waals surface area contributed by atoms with Crippen molar-refractivity contribution in [3.05, 3.63) is 52.0 Å². The van der Waals surface area contributed by atoms with Gasteiger partial charge in [0, 0.05) is 10.0 Å². The molecule has 0 fully saturated rings. The zero-order valence-corrected chi connectivity index (χ0v) is 12.5. The molecule has 1 heterocycles. The highest BCUT2D eigenvalue weighted by Gasteiger charge is 2.15. The first-order valence-corrected chi connectivity index (χ1v) is 6.97. The second-order valence-electron chi connectivity index (χ2n) is 4.10. The van der Waals surface area contributed by atoms with Crippen molar-refractivity contribution in [1.29, 1.82) is 0 Å². The van der Waals surface area contributed by atoms with Gasteiger partial charge < -0.3 is 10.3 Å². The molecule has 0 atom stereocenters. The molecule has 3 aromatic rings. The summed E-state index contributed by atoms with van der Waals surface area (Å²) in [6, 6.07) is 12.9. The Hall–Kier alpha value is -1.85. The average Bonchev–Trinajstić information content (AvgIpc) is 2.92. The predicted octanol–water partition coefficient (Wildman–Crippen LogP) is 4.40. The van der Waals surface area contributed by atoms with Crippen LogP contribution in [-0.2, 0) is 0 Å². The van der Waals surface area contributed by atoms with Crippen LogP contribution in [0.5, 0.6) is 0 Å². The Morgan fingerprint density at radius 3 is 2.60 bits per heavy atom. The fourth-order valence-corrected chi connectivity index (χ4v) is 2.44. The molecule has 0 spiro atoms. The summed E-state index contributed by atoms with van der Waals surface area (Å²) in [5.74, 6) is 0.836. The Kier molecular flexibility index (Phi) is 3.46. The third-order valence-electron chi connectivity index (χ3n) is 2.82. The van der Waals surface area contributed by atoms with E-state index in [1.165, 1.54) is 0 Å². The summed E-state index contributed by atoms with van der Waals surface area (Å²) in [6.45, 7) is 0. The number of anilines is 1. The lowest BCUT2D eigenvalue weighted by atomic mass is 10.2. The van der Waals surface area contributed by atoms with Gasteiger partial charge in [-0.05, 0) is 24.3 Å². The highest BCUT2D eigenvalue weighted by Crippen LogP contribution is 2.32. The SMILES string of the molecule is Nc1c(Cl)cccc1-c1nc(-c2ccccc2Br)no1. The van der Waals surface area contributed by atoms with Crippen LogP contribution in [0.1, 0.15) is 0 Å². The van der Waals surface area contributed by atoms with Gasteiger partial charge in [-0.25, -0.2) is 0 Å². The molecule has 2 aromatic carbocycles. The van der Waals surface area contributed by atoms with E-state index >= 15 is 0 Å². The molecule has 6 heteroatoms. The van der Waals surface area contributed by atoms with Crippen LogP contribution in [0.3, 0.4) is 0 Å². The van der Waals surface area contributed by atoms with Crippen LogP contribution in [0.4, 0.5) is 5.69 Å². The van der Waals surface area contributed by atoms with E-state index in [2.05, 4.69) is 26.1 Å². The van der Waals surface area contributed by atoms with E-state index in [-0.39, 0.29) is 0 Å². The number of nitrogens with zero attached hydrogens (tertiary/aromatic N) is 2. The van der Waals surface area contributed by atoms with Gasteiger partial charge in [0.15, 0.2) is 0 Å². The van der Waals surface area contributed by atoms with Crippen LogP contribution in [0, 0.1) is 0 Å². The van der Waals surface area contributed by atoms with Gasteiger partial charge in [0.2, 0.25) is 5.82 Å². The van der Waals surface area contributed by atoms with E-state index in [1.54, 1.807) is 18.2 Å². The molecular formula is C14H9BrClN3O. The van der Waals surface area contributed by atoms with Crippen LogP contribution in [-0.4, -0.2) is 10.1 Å². The molecule has 2 N–H and O–H groups in total. The van der Waals surface area contributed by atoms with Crippen molar-refractivity contribution in [2.24, 2.45) is 0 Å². The van der Waals surface area contributed by atoms with Crippen molar-refractivity contribution in [1.82, 2.24) is 10.1 Å². The minimum Gasteiger partial charge on any atom is -0.397 e. The van der Waals surface area contributed by atoms with E-state index in [9.17, 15) is 0 Å². The average molecular weight is 351 g/mol. The Balaban J connectivity index is 2.07. The first-order valence-electron chi connectivity index (χ1n) is 5.80. The van der Waals surface area contributed by atoms with Crippen molar-refractivity contribution >= 4 is 33.2 Å². The lowest BCUT2D eigenvalue weighted by molar-refractivity contribution is 0.432. The molecular weight excluding hydrogens is 342 g/mol. The first kappa shape index (κ1) is 13.1. The summed E-state index contributed by atoms with van der Waals surface area (Å²) < 4.78 is 6.17. The molecule has 0 aliphatic carbocycles. The van der Waals surface area contributed by atoms with Crippen LogP contribution in [0.2, 0.25) is 5.02 Å². The monoisotopic (exact) mass is 349 g/mol. The molecule has 1 aromatic heterocycles. The van der Waals surface area contributed by atoms with Gasteiger partial charge in [-0.15, -0.1) is 0 Å². The number of para-hydroxylation sites is 1. The van der Waals surface area contributed by atoms with E-state index < -0.39 is 0 Å². The van der Waals surface area contributed by atoms with Crippen molar-refractivity contribution in [2.75, 3.05) is 5.73 Å². The van der Waals surface area contributed by atoms with E-state index in [1.807, 2.05) is 24.3 Å². The largest absolute Gasteiger partial charge is 0.397 e.